The van der Waals surface area contributed by atoms with Crippen LogP contribution in [0.25, 0.3) is 0 Å². The topological polar surface area (TPSA) is 64.4 Å². The fourth-order valence-electron chi connectivity index (χ4n) is 1.52. The summed E-state index contributed by atoms with van der Waals surface area (Å²) in [5.41, 5.74) is 6.33. The van der Waals surface area contributed by atoms with Crippen molar-refractivity contribution in [3.63, 3.8) is 0 Å². The summed E-state index contributed by atoms with van der Waals surface area (Å²) in [4.78, 5) is 11.5. The number of hydrogen-bond acceptors (Lipinski definition) is 3. The van der Waals surface area contributed by atoms with E-state index in [1.807, 2.05) is 6.92 Å². The van der Waals surface area contributed by atoms with E-state index >= 15 is 0 Å². The maximum Gasteiger partial charge on any atom is 0.422 e. The molecule has 3 N–H and O–H groups in total. The van der Waals surface area contributed by atoms with Crippen molar-refractivity contribution in [3.05, 3.63) is 29.8 Å². The van der Waals surface area contributed by atoms with Gasteiger partial charge in [-0.3, -0.25) is 4.79 Å². The van der Waals surface area contributed by atoms with E-state index in [9.17, 15) is 18.0 Å². The van der Waals surface area contributed by atoms with Gasteiger partial charge in [0.1, 0.15) is 5.75 Å². The van der Waals surface area contributed by atoms with Crippen LogP contribution in [0.15, 0.2) is 24.3 Å². The fraction of sp³-hybridized carbons (Fsp3) is 0.500. The Morgan fingerprint density at radius 1 is 1.32 bits per heavy atom. The van der Waals surface area contributed by atoms with Crippen LogP contribution < -0.4 is 15.8 Å². The third-order valence-corrected chi connectivity index (χ3v) is 2.64. The summed E-state index contributed by atoms with van der Waals surface area (Å²) in [5.74, 6) is 0.0315. The molecular formula is C14H20ClF3N2O2. The number of hydrogen-bond donors (Lipinski definition) is 2. The number of rotatable bonds is 7. The largest absolute Gasteiger partial charge is 0.484 e. The zero-order valence-corrected chi connectivity index (χ0v) is 13.0. The molecule has 0 fully saturated rings. The maximum absolute atomic E-state index is 12.0. The van der Waals surface area contributed by atoms with Gasteiger partial charge in [-0.1, -0.05) is 12.1 Å². The normalized spacial score (nSPS) is 12.2. The monoisotopic (exact) mass is 340 g/mol. The van der Waals surface area contributed by atoms with Gasteiger partial charge in [0.2, 0.25) is 5.91 Å². The predicted molar refractivity (Wildman–Crippen MR) is 80.0 cm³/mol. The molecule has 1 aromatic carbocycles. The van der Waals surface area contributed by atoms with E-state index in [4.69, 9.17) is 5.73 Å². The Kier molecular flexibility index (Phi) is 8.89. The van der Waals surface area contributed by atoms with Gasteiger partial charge in [-0.2, -0.15) is 13.2 Å². The molecule has 0 bridgehead atoms. The van der Waals surface area contributed by atoms with Crippen molar-refractivity contribution in [2.45, 2.75) is 38.5 Å². The molecule has 1 amide bonds. The number of ether oxygens (including phenoxy) is 1. The number of nitrogens with one attached hydrogen (secondary N) is 1. The number of amides is 1. The fourth-order valence-corrected chi connectivity index (χ4v) is 1.52. The molecular weight excluding hydrogens is 321 g/mol. The number of halogens is 4. The molecule has 0 spiro atoms. The van der Waals surface area contributed by atoms with Crippen molar-refractivity contribution in [1.82, 2.24) is 5.32 Å². The van der Waals surface area contributed by atoms with Crippen molar-refractivity contribution in [3.8, 4) is 5.75 Å². The first kappa shape index (κ1) is 20.5. The molecule has 0 aliphatic heterocycles. The van der Waals surface area contributed by atoms with Crippen LogP contribution in [0.4, 0.5) is 13.2 Å². The second-order valence-corrected chi connectivity index (χ2v) is 4.84. The minimum Gasteiger partial charge on any atom is -0.484 e. The average Bonchev–Trinajstić information content (AvgIpc) is 2.41. The molecule has 1 rings (SSSR count). The lowest BCUT2D eigenvalue weighted by Gasteiger charge is -2.10. The van der Waals surface area contributed by atoms with Crippen LogP contribution in [-0.2, 0) is 11.3 Å². The molecule has 0 aliphatic carbocycles. The van der Waals surface area contributed by atoms with Crippen molar-refractivity contribution in [1.29, 1.82) is 0 Å². The Balaban J connectivity index is 0.00000441. The number of benzene rings is 1. The summed E-state index contributed by atoms with van der Waals surface area (Å²) in [7, 11) is 0. The van der Waals surface area contributed by atoms with Gasteiger partial charge in [0.25, 0.3) is 0 Å². The molecule has 1 atom stereocenters. The summed E-state index contributed by atoms with van der Waals surface area (Å²) in [6.45, 7) is 0.824. The molecule has 1 unspecified atom stereocenters. The lowest BCUT2D eigenvalue weighted by molar-refractivity contribution is -0.153. The molecule has 1 aromatic rings. The highest BCUT2D eigenvalue weighted by Gasteiger charge is 2.28. The Labute approximate surface area is 133 Å². The summed E-state index contributed by atoms with van der Waals surface area (Å²) in [6, 6.07) is 6.07. The lowest BCUT2D eigenvalue weighted by Crippen LogP contribution is -2.25. The molecule has 0 heterocycles. The van der Waals surface area contributed by atoms with Gasteiger partial charge in [0.15, 0.2) is 6.61 Å². The standard InChI is InChI=1S/C14H19F3N2O2.ClH/c1-10(18)2-7-13(20)19-8-11-3-5-12(6-4-11)21-9-14(15,16)17;/h3-6,10H,2,7-9,18H2,1H3,(H,19,20);1H. The third-order valence-electron chi connectivity index (χ3n) is 2.64. The minimum absolute atomic E-state index is 0. The number of alkyl halides is 3. The van der Waals surface area contributed by atoms with Crippen molar-refractivity contribution in [2.24, 2.45) is 5.73 Å². The van der Waals surface area contributed by atoms with Crippen LogP contribution in [0.3, 0.4) is 0 Å². The molecule has 0 saturated heterocycles. The lowest BCUT2D eigenvalue weighted by atomic mass is 10.2. The van der Waals surface area contributed by atoms with Crippen molar-refractivity contribution in [2.75, 3.05) is 6.61 Å². The molecule has 0 radical (unpaired) electrons. The molecule has 126 valence electrons. The summed E-state index contributed by atoms with van der Waals surface area (Å²) in [5, 5.41) is 2.71. The Morgan fingerprint density at radius 2 is 1.91 bits per heavy atom. The van der Waals surface area contributed by atoms with Gasteiger partial charge in [-0.25, -0.2) is 0 Å². The van der Waals surface area contributed by atoms with Crippen molar-refractivity contribution >= 4 is 18.3 Å². The minimum atomic E-state index is -4.35. The quantitative estimate of drug-likeness (QED) is 0.802. The van der Waals surface area contributed by atoms with Gasteiger partial charge in [0, 0.05) is 19.0 Å². The third kappa shape index (κ3) is 9.46. The van der Waals surface area contributed by atoms with Crippen LogP contribution in [-0.4, -0.2) is 24.7 Å². The van der Waals surface area contributed by atoms with E-state index in [1.165, 1.54) is 12.1 Å². The Morgan fingerprint density at radius 3 is 2.41 bits per heavy atom. The zero-order valence-electron chi connectivity index (χ0n) is 12.2. The second kappa shape index (κ2) is 9.53. The highest BCUT2D eigenvalue weighted by atomic mass is 35.5. The van der Waals surface area contributed by atoms with Crippen molar-refractivity contribution < 1.29 is 22.7 Å². The summed E-state index contributed by atoms with van der Waals surface area (Å²) in [6.07, 6.45) is -3.40. The molecule has 22 heavy (non-hydrogen) atoms. The smallest absolute Gasteiger partial charge is 0.422 e. The number of carbonyl (C=O) groups is 1. The number of carbonyl (C=O) groups excluding carboxylic acids is 1. The van der Waals surface area contributed by atoms with E-state index in [2.05, 4.69) is 10.1 Å². The summed E-state index contributed by atoms with van der Waals surface area (Å²) >= 11 is 0. The van der Waals surface area contributed by atoms with Crippen LogP contribution in [0.1, 0.15) is 25.3 Å². The first-order valence-corrected chi connectivity index (χ1v) is 6.57. The van der Waals surface area contributed by atoms with Crippen LogP contribution in [0.2, 0.25) is 0 Å². The first-order chi connectivity index (χ1) is 9.76. The van der Waals surface area contributed by atoms with E-state index in [0.717, 1.165) is 5.56 Å². The van der Waals surface area contributed by atoms with Gasteiger partial charge < -0.3 is 15.8 Å². The van der Waals surface area contributed by atoms with Gasteiger partial charge in [-0.15, -0.1) is 12.4 Å². The Bertz CT molecular complexity index is 450. The van der Waals surface area contributed by atoms with Gasteiger partial charge in [0.05, 0.1) is 0 Å². The molecule has 0 aromatic heterocycles. The summed E-state index contributed by atoms with van der Waals surface area (Å²) < 4.78 is 40.5. The maximum atomic E-state index is 12.0. The molecule has 0 saturated carbocycles. The highest BCUT2D eigenvalue weighted by Crippen LogP contribution is 2.18. The highest BCUT2D eigenvalue weighted by molar-refractivity contribution is 5.85. The molecule has 4 nitrogen and oxygen atoms in total. The molecule has 0 aliphatic rings. The van der Waals surface area contributed by atoms with E-state index in [1.54, 1.807) is 12.1 Å². The van der Waals surface area contributed by atoms with Crippen LogP contribution in [0, 0.1) is 0 Å². The first-order valence-electron chi connectivity index (χ1n) is 6.57. The average molecular weight is 341 g/mol. The SMILES string of the molecule is CC(N)CCC(=O)NCc1ccc(OCC(F)(F)F)cc1.Cl. The van der Waals surface area contributed by atoms with E-state index in [-0.39, 0.29) is 30.1 Å². The van der Waals surface area contributed by atoms with Gasteiger partial charge in [-0.05, 0) is 31.0 Å². The predicted octanol–water partition coefficient (Wildman–Crippen LogP) is 2.79. The van der Waals surface area contributed by atoms with E-state index in [0.29, 0.717) is 19.4 Å². The van der Waals surface area contributed by atoms with Gasteiger partial charge >= 0.3 is 6.18 Å². The van der Waals surface area contributed by atoms with Crippen LogP contribution >= 0.6 is 12.4 Å². The second-order valence-electron chi connectivity index (χ2n) is 4.84. The van der Waals surface area contributed by atoms with E-state index < -0.39 is 12.8 Å². The number of nitrogens with two attached hydrogens (primary N) is 1. The molecule has 8 heteroatoms. The zero-order chi connectivity index (χ0) is 15.9. The Hall–Kier alpha value is -1.47. The van der Waals surface area contributed by atoms with Crippen LogP contribution in [0.5, 0.6) is 5.75 Å².